The molecule has 0 aliphatic rings. The average Bonchev–Trinajstić information content (AvgIpc) is 2.52. The van der Waals surface area contributed by atoms with Gasteiger partial charge in [-0.25, -0.2) is 8.42 Å². The minimum Gasteiger partial charge on any atom is -0.356 e. The first-order valence-corrected chi connectivity index (χ1v) is 10.5. The van der Waals surface area contributed by atoms with Crippen LogP contribution in [0.15, 0.2) is 57.9 Å². The number of anilines is 1. The van der Waals surface area contributed by atoms with E-state index in [0.717, 1.165) is 22.1 Å². The van der Waals surface area contributed by atoms with E-state index in [1.165, 1.54) is 6.26 Å². The topological polar surface area (TPSA) is 58.2 Å². The molecule has 2 N–H and O–H groups in total. The van der Waals surface area contributed by atoms with Gasteiger partial charge in [0.1, 0.15) is 0 Å². The number of sulfone groups is 1. The summed E-state index contributed by atoms with van der Waals surface area (Å²) in [6.07, 6.45) is 2.02. The molecule has 24 heavy (non-hydrogen) atoms. The lowest BCUT2D eigenvalue weighted by molar-refractivity contribution is 0.601. The molecule has 0 aliphatic carbocycles. The van der Waals surface area contributed by atoms with Crippen molar-refractivity contribution in [1.82, 2.24) is 5.32 Å². The van der Waals surface area contributed by atoms with Crippen molar-refractivity contribution in [3.8, 4) is 0 Å². The minimum atomic E-state index is -3.18. The van der Waals surface area contributed by atoms with Crippen molar-refractivity contribution in [1.29, 1.82) is 0 Å². The second kappa shape index (κ2) is 8.09. The van der Waals surface area contributed by atoms with E-state index in [-0.39, 0.29) is 6.04 Å². The summed E-state index contributed by atoms with van der Waals surface area (Å²) in [6.45, 7) is 2.05. The number of halogens is 1. The van der Waals surface area contributed by atoms with Gasteiger partial charge < -0.3 is 10.6 Å². The third-order valence-electron chi connectivity index (χ3n) is 3.51. The van der Waals surface area contributed by atoms with E-state index in [4.69, 9.17) is 12.2 Å². The molecule has 0 fully saturated rings. The summed E-state index contributed by atoms with van der Waals surface area (Å²) in [5.74, 6) is 0. The lowest BCUT2D eigenvalue weighted by Gasteiger charge is -2.20. The molecule has 1 atom stereocenters. The first kappa shape index (κ1) is 18.9. The molecule has 0 bridgehead atoms. The van der Waals surface area contributed by atoms with Crippen molar-refractivity contribution in [3.63, 3.8) is 0 Å². The van der Waals surface area contributed by atoms with Gasteiger partial charge >= 0.3 is 0 Å². The highest BCUT2D eigenvalue weighted by Gasteiger charge is 2.13. The fourth-order valence-electron chi connectivity index (χ4n) is 2.26. The van der Waals surface area contributed by atoms with Crippen molar-refractivity contribution in [3.05, 3.63) is 58.6 Å². The number of hydrogen-bond acceptors (Lipinski definition) is 3. The van der Waals surface area contributed by atoms with Gasteiger partial charge in [-0.15, -0.1) is 0 Å². The van der Waals surface area contributed by atoms with Gasteiger partial charge in [0, 0.05) is 16.4 Å². The maximum atomic E-state index is 11.5. The fourth-order valence-corrected chi connectivity index (χ4v) is 3.55. The number of benzene rings is 2. The molecule has 4 nitrogen and oxygen atoms in total. The van der Waals surface area contributed by atoms with Crippen LogP contribution < -0.4 is 10.6 Å². The van der Waals surface area contributed by atoms with Crippen molar-refractivity contribution in [2.75, 3.05) is 11.6 Å². The number of nitrogens with one attached hydrogen (secondary N) is 2. The van der Waals surface area contributed by atoms with Crippen LogP contribution in [-0.4, -0.2) is 19.8 Å². The van der Waals surface area contributed by atoms with Gasteiger partial charge in [-0.1, -0.05) is 41.1 Å². The van der Waals surface area contributed by atoms with E-state index in [2.05, 4.69) is 26.6 Å². The fraction of sp³-hybridized carbons (Fsp3) is 0.235. The average molecular weight is 427 g/mol. The maximum Gasteiger partial charge on any atom is 0.175 e. The van der Waals surface area contributed by atoms with Gasteiger partial charge in [0.15, 0.2) is 14.9 Å². The quantitative estimate of drug-likeness (QED) is 0.698. The third kappa shape index (κ3) is 5.29. The van der Waals surface area contributed by atoms with Crippen LogP contribution in [0.2, 0.25) is 0 Å². The Balaban J connectivity index is 2.07. The zero-order valence-electron chi connectivity index (χ0n) is 13.4. The lowest BCUT2D eigenvalue weighted by Crippen LogP contribution is -2.32. The van der Waals surface area contributed by atoms with E-state index in [0.29, 0.717) is 10.0 Å². The molecule has 0 aliphatic heterocycles. The van der Waals surface area contributed by atoms with E-state index < -0.39 is 9.84 Å². The van der Waals surface area contributed by atoms with Gasteiger partial charge in [-0.2, -0.15) is 0 Å². The largest absolute Gasteiger partial charge is 0.356 e. The summed E-state index contributed by atoms with van der Waals surface area (Å²) in [7, 11) is -3.18. The van der Waals surface area contributed by atoms with Gasteiger partial charge in [-0.05, 0) is 54.5 Å². The number of hydrogen-bond donors (Lipinski definition) is 2. The van der Waals surface area contributed by atoms with Crippen molar-refractivity contribution < 1.29 is 8.42 Å². The second-order valence-corrected chi connectivity index (χ2v) is 8.75. The molecule has 2 aromatic carbocycles. The van der Waals surface area contributed by atoms with Crippen LogP contribution in [0.3, 0.4) is 0 Å². The Morgan fingerprint density at radius 3 is 2.42 bits per heavy atom. The predicted molar refractivity (Wildman–Crippen MR) is 106 cm³/mol. The Kier molecular flexibility index (Phi) is 6.37. The van der Waals surface area contributed by atoms with Crippen molar-refractivity contribution >= 4 is 48.8 Å². The Bertz CT molecular complexity index is 821. The molecule has 0 heterocycles. The molecule has 128 valence electrons. The molecule has 0 aromatic heterocycles. The second-order valence-electron chi connectivity index (χ2n) is 5.41. The smallest absolute Gasteiger partial charge is 0.175 e. The number of rotatable bonds is 5. The molecule has 0 unspecified atom stereocenters. The Morgan fingerprint density at radius 1 is 1.21 bits per heavy atom. The zero-order valence-corrected chi connectivity index (χ0v) is 16.6. The van der Waals surface area contributed by atoms with Gasteiger partial charge in [0.05, 0.1) is 10.9 Å². The van der Waals surface area contributed by atoms with Crippen LogP contribution in [-0.2, 0) is 9.84 Å². The minimum absolute atomic E-state index is 0.00534. The highest BCUT2D eigenvalue weighted by molar-refractivity contribution is 9.10. The SMILES string of the molecule is CC[C@H](NC(=S)Nc1cccc(Br)c1)c1ccc(S(C)(=O)=O)cc1. The van der Waals surface area contributed by atoms with E-state index in [1.807, 2.05) is 43.3 Å². The molecule has 2 aromatic rings. The Hall–Kier alpha value is -1.44. The number of thiocarbonyl (C=S) groups is 1. The third-order valence-corrected chi connectivity index (χ3v) is 5.35. The summed E-state index contributed by atoms with van der Waals surface area (Å²) in [6, 6.07) is 14.6. The summed E-state index contributed by atoms with van der Waals surface area (Å²) >= 11 is 8.80. The molecule has 7 heteroatoms. The van der Waals surface area contributed by atoms with Crippen LogP contribution in [0.4, 0.5) is 5.69 Å². The molecule has 0 saturated heterocycles. The van der Waals surface area contributed by atoms with E-state index >= 15 is 0 Å². The molecule has 0 saturated carbocycles. The Labute approximate surface area is 156 Å². The Morgan fingerprint density at radius 2 is 1.88 bits per heavy atom. The van der Waals surface area contributed by atoms with Crippen LogP contribution >= 0.6 is 28.1 Å². The summed E-state index contributed by atoms with van der Waals surface area (Å²) in [5.41, 5.74) is 1.88. The summed E-state index contributed by atoms with van der Waals surface area (Å²) < 4.78 is 24.1. The molecule has 2 rings (SSSR count). The van der Waals surface area contributed by atoms with E-state index in [9.17, 15) is 8.42 Å². The normalized spacial score (nSPS) is 12.5. The maximum absolute atomic E-state index is 11.5. The summed E-state index contributed by atoms with van der Waals surface area (Å²) in [5, 5.41) is 6.93. The molecule has 0 spiro atoms. The zero-order chi connectivity index (χ0) is 17.7. The molecular weight excluding hydrogens is 408 g/mol. The van der Waals surface area contributed by atoms with Crippen LogP contribution in [0.25, 0.3) is 0 Å². The molecule has 0 amide bonds. The van der Waals surface area contributed by atoms with E-state index in [1.54, 1.807) is 12.1 Å². The predicted octanol–water partition coefficient (Wildman–Crippen LogP) is 4.29. The van der Waals surface area contributed by atoms with Gasteiger partial charge in [0.25, 0.3) is 0 Å². The van der Waals surface area contributed by atoms with Crippen LogP contribution in [0, 0.1) is 0 Å². The monoisotopic (exact) mass is 426 g/mol. The van der Waals surface area contributed by atoms with Crippen molar-refractivity contribution in [2.45, 2.75) is 24.3 Å². The highest BCUT2D eigenvalue weighted by atomic mass is 79.9. The van der Waals surface area contributed by atoms with Crippen LogP contribution in [0.5, 0.6) is 0 Å². The van der Waals surface area contributed by atoms with Crippen molar-refractivity contribution in [2.24, 2.45) is 0 Å². The molecule has 0 radical (unpaired) electrons. The van der Waals surface area contributed by atoms with Gasteiger partial charge in [-0.3, -0.25) is 0 Å². The first-order valence-electron chi connectivity index (χ1n) is 7.42. The molecular formula is C17H19BrN2O2S2. The first-order chi connectivity index (χ1) is 11.3. The highest BCUT2D eigenvalue weighted by Crippen LogP contribution is 2.20. The summed E-state index contributed by atoms with van der Waals surface area (Å²) in [4.78, 5) is 0.316. The standard InChI is InChI=1S/C17H19BrN2O2S2/c1-3-16(12-7-9-15(10-8-12)24(2,21)22)20-17(23)19-14-6-4-5-13(18)11-14/h4-11,16H,3H2,1-2H3,(H2,19,20,23)/t16-/m0/s1. The van der Waals surface area contributed by atoms with Crippen LogP contribution in [0.1, 0.15) is 24.9 Å². The lowest BCUT2D eigenvalue weighted by atomic mass is 10.1. The van der Waals surface area contributed by atoms with Gasteiger partial charge in [0.2, 0.25) is 0 Å².